The minimum atomic E-state index is -3.43. The van der Waals surface area contributed by atoms with Crippen molar-refractivity contribution in [3.05, 3.63) is 40.3 Å². The molecule has 0 radical (unpaired) electrons. The molecule has 0 spiro atoms. The number of anilines is 1. The van der Waals surface area contributed by atoms with E-state index in [0.29, 0.717) is 6.54 Å². The summed E-state index contributed by atoms with van der Waals surface area (Å²) < 4.78 is 26.6. The molecule has 0 aliphatic carbocycles. The molecule has 21 heavy (non-hydrogen) atoms. The molecule has 1 aromatic carbocycles. The van der Waals surface area contributed by atoms with E-state index in [-0.39, 0.29) is 10.9 Å². The highest BCUT2D eigenvalue weighted by molar-refractivity contribution is 7.89. The van der Waals surface area contributed by atoms with Crippen molar-refractivity contribution in [1.29, 1.82) is 0 Å². The Labute approximate surface area is 129 Å². The number of rotatable bonds is 6. The second kappa shape index (κ2) is 6.55. The summed E-state index contributed by atoms with van der Waals surface area (Å²) in [4.78, 5) is 5.64. The van der Waals surface area contributed by atoms with E-state index in [2.05, 4.69) is 15.0 Å². The topological polar surface area (TPSA) is 71.1 Å². The molecule has 7 heteroatoms. The Bertz CT molecular complexity index is 691. The highest BCUT2D eigenvalue weighted by Crippen LogP contribution is 2.17. The zero-order valence-corrected chi connectivity index (χ0v) is 13.9. The number of sulfonamides is 1. The molecule has 0 atom stereocenters. The molecule has 2 aromatic rings. The van der Waals surface area contributed by atoms with E-state index in [1.165, 1.54) is 4.88 Å². The zero-order valence-electron chi connectivity index (χ0n) is 12.3. The number of hydrogen-bond donors (Lipinski definition) is 2. The van der Waals surface area contributed by atoms with Gasteiger partial charge in [-0.05, 0) is 45.0 Å². The Morgan fingerprint density at radius 3 is 2.43 bits per heavy atom. The van der Waals surface area contributed by atoms with Gasteiger partial charge in [-0.2, -0.15) is 0 Å². The minimum absolute atomic E-state index is 0.123. The van der Waals surface area contributed by atoms with Crippen molar-refractivity contribution in [2.45, 2.75) is 38.3 Å². The standard InChI is InChI=1S/C14H19N3O2S2/c1-10(2)17-21(18,19)13-6-4-12(5-7-13)15-8-14-11(3)16-9-20-14/h4-7,9-10,15,17H,8H2,1-3H3. The van der Waals surface area contributed by atoms with Gasteiger partial charge in [0, 0.05) is 16.6 Å². The summed E-state index contributed by atoms with van der Waals surface area (Å²) >= 11 is 1.60. The largest absolute Gasteiger partial charge is 0.380 e. The summed E-state index contributed by atoms with van der Waals surface area (Å²) in [6, 6.07) is 6.62. The lowest BCUT2D eigenvalue weighted by atomic mass is 10.3. The SMILES string of the molecule is Cc1ncsc1CNc1ccc(S(=O)(=O)NC(C)C)cc1. The van der Waals surface area contributed by atoms with Crippen LogP contribution in [0.15, 0.2) is 34.7 Å². The maximum absolute atomic E-state index is 12.0. The fourth-order valence-electron chi connectivity index (χ4n) is 1.81. The van der Waals surface area contributed by atoms with E-state index in [1.54, 1.807) is 49.4 Å². The Balaban J connectivity index is 2.04. The molecule has 1 aromatic heterocycles. The first-order chi connectivity index (χ1) is 9.88. The van der Waals surface area contributed by atoms with Gasteiger partial charge in [-0.25, -0.2) is 18.1 Å². The van der Waals surface area contributed by atoms with Gasteiger partial charge in [0.05, 0.1) is 22.6 Å². The summed E-state index contributed by atoms with van der Waals surface area (Å²) in [5.41, 5.74) is 3.72. The molecule has 0 aliphatic heterocycles. The van der Waals surface area contributed by atoms with Crippen molar-refractivity contribution in [3.8, 4) is 0 Å². The predicted molar refractivity (Wildman–Crippen MR) is 86.1 cm³/mol. The van der Waals surface area contributed by atoms with Gasteiger partial charge in [-0.1, -0.05) is 0 Å². The molecular formula is C14H19N3O2S2. The van der Waals surface area contributed by atoms with Crippen molar-refractivity contribution < 1.29 is 8.42 Å². The Morgan fingerprint density at radius 2 is 1.90 bits per heavy atom. The maximum Gasteiger partial charge on any atom is 0.240 e. The van der Waals surface area contributed by atoms with Crippen molar-refractivity contribution in [2.75, 3.05) is 5.32 Å². The van der Waals surface area contributed by atoms with Crippen molar-refractivity contribution in [2.24, 2.45) is 0 Å². The first-order valence-corrected chi connectivity index (χ1v) is 9.00. The molecular weight excluding hydrogens is 306 g/mol. The van der Waals surface area contributed by atoms with E-state index in [4.69, 9.17) is 0 Å². The molecule has 0 amide bonds. The van der Waals surface area contributed by atoms with Crippen LogP contribution in [0.2, 0.25) is 0 Å². The Hall–Kier alpha value is -1.44. The molecule has 2 rings (SSSR count). The van der Waals surface area contributed by atoms with Crippen LogP contribution in [0.25, 0.3) is 0 Å². The van der Waals surface area contributed by atoms with Gasteiger partial charge in [0.1, 0.15) is 0 Å². The van der Waals surface area contributed by atoms with E-state index in [9.17, 15) is 8.42 Å². The third kappa shape index (κ3) is 4.26. The van der Waals surface area contributed by atoms with Crippen LogP contribution in [0.5, 0.6) is 0 Å². The van der Waals surface area contributed by atoms with Gasteiger partial charge in [0.2, 0.25) is 10.0 Å². The third-order valence-electron chi connectivity index (χ3n) is 2.85. The molecule has 2 N–H and O–H groups in total. The van der Waals surface area contributed by atoms with Crippen LogP contribution in [-0.2, 0) is 16.6 Å². The van der Waals surface area contributed by atoms with Crippen LogP contribution in [0.3, 0.4) is 0 Å². The van der Waals surface area contributed by atoms with Gasteiger partial charge in [0.25, 0.3) is 0 Å². The average molecular weight is 325 g/mol. The third-order valence-corrected chi connectivity index (χ3v) is 5.46. The quantitative estimate of drug-likeness (QED) is 0.857. The highest BCUT2D eigenvalue weighted by Gasteiger charge is 2.14. The monoisotopic (exact) mass is 325 g/mol. The lowest BCUT2D eigenvalue weighted by molar-refractivity contribution is 0.570. The zero-order chi connectivity index (χ0) is 15.5. The summed E-state index contributed by atoms with van der Waals surface area (Å²) in [5.74, 6) is 0. The summed E-state index contributed by atoms with van der Waals surface area (Å²) in [7, 11) is -3.43. The van der Waals surface area contributed by atoms with Crippen LogP contribution >= 0.6 is 11.3 Å². The molecule has 0 aliphatic rings. The van der Waals surface area contributed by atoms with Gasteiger partial charge >= 0.3 is 0 Å². The molecule has 5 nitrogen and oxygen atoms in total. The lowest BCUT2D eigenvalue weighted by Crippen LogP contribution is -2.30. The van der Waals surface area contributed by atoms with Crippen LogP contribution in [0.4, 0.5) is 5.69 Å². The second-order valence-electron chi connectivity index (χ2n) is 5.01. The number of aryl methyl sites for hydroxylation is 1. The number of hydrogen-bond acceptors (Lipinski definition) is 5. The molecule has 0 saturated heterocycles. The minimum Gasteiger partial charge on any atom is -0.380 e. The summed E-state index contributed by atoms with van der Waals surface area (Å²) in [6.07, 6.45) is 0. The average Bonchev–Trinajstić information content (AvgIpc) is 2.81. The fraction of sp³-hybridized carbons (Fsp3) is 0.357. The summed E-state index contributed by atoms with van der Waals surface area (Å²) in [6.45, 7) is 6.25. The van der Waals surface area contributed by atoms with E-state index in [0.717, 1.165) is 11.4 Å². The molecule has 1 heterocycles. The van der Waals surface area contributed by atoms with Crippen molar-refractivity contribution in [1.82, 2.24) is 9.71 Å². The fourth-order valence-corrected chi connectivity index (χ4v) is 3.78. The van der Waals surface area contributed by atoms with E-state index in [1.807, 2.05) is 12.4 Å². The second-order valence-corrected chi connectivity index (χ2v) is 7.67. The van der Waals surface area contributed by atoms with Crippen LogP contribution in [0.1, 0.15) is 24.4 Å². The lowest BCUT2D eigenvalue weighted by Gasteiger charge is -2.10. The van der Waals surface area contributed by atoms with Crippen LogP contribution < -0.4 is 10.0 Å². The van der Waals surface area contributed by atoms with Gasteiger partial charge < -0.3 is 5.32 Å². The van der Waals surface area contributed by atoms with Gasteiger partial charge in [0.15, 0.2) is 0 Å². The smallest absolute Gasteiger partial charge is 0.240 e. The van der Waals surface area contributed by atoms with Crippen LogP contribution in [-0.4, -0.2) is 19.4 Å². The summed E-state index contributed by atoms with van der Waals surface area (Å²) in [5, 5.41) is 3.26. The number of benzene rings is 1. The predicted octanol–water partition coefficient (Wildman–Crippen LogP) is 2.75. The van der Waals surface area contributed by atoms with E-state index >= 15 is 0 Å². The highest BCUT2D eigenvalue weighted by atomic mass is 32.2. The van der Waals surface area contributed by atoms with Gasteiger partial charge in [-0.3, -0.25) is 0 Å². The molecule has 0 bridgehead atoms. The van der Waals surface area contributed by atoms with Crippen molar-refractivity contribution in [3.63, 3.8) is 0 Å². The number of thiazole rings is 1. The maximum atomic E-state index is 12.0. The number of aromatic nitrogens is 1. The first kappa shape index (κ1) is 15.9. The molecule has 0 unspecified atom stereocenters. The van der Waals surface area contributed by atoms with E-state index < -0.39 is 10.0 Å². The van der Waals surface area contributed by atoms with Crippen molar-refractivity contribution >= 4 is 27.0 Å². The number of nitrogens with one attached hydrogen (secondary N) is 2. The molecule has 0 fully saturated rings. The Morgan fingerprint density at radius 1 is 1.24 bits per heavy atom. The molecule has 0 saturated carbocycles. The Kier molecular flexibility index (Phi) is 4.97. The van der Waals surface area contributed by atoms with Gasteiger partial charge in [-0.15, -0.1) is 11.3 Å². The molecule has 114 valence electrons. The normalized spacial score (nSPS) is 11.8. The number of nitrogens with zero attached hydrogens (tertiary/aromatic N) is 1. The van der Waals surface area contributed by atoms with Crippen LogP contribution in [0, 0.1) is 6.92 Å². The first-order valence-electron chi connectivity index (χ1n) is 6.64.